The summed E-state index contributed by atoms with van der Waals surface area (Å²) < 4.78 is 6.14. The molecule has 0 bridgehead atoms. The van der Waals surface area contributed by atoms with Crippen molar-refractivity contribution in [2.75, 3.05) is 6.61 Å². The number of fused-ring (bicyclic) bond motifs is 3. The van der Waals surface area contributed by atoms with Gasteiger partial charge in [0.05, 0.1) is 18.8 Å². The third-order valence-corrected chi connectivity index (χ3v) is 6.31. The maximum atomic E-state index is 9.44. The Hall–Kier alpha value is -0.600. The van der Waals surface area contributed by atoms with Crippen molar-refractivity contribution in [3.63, 3.8) is 0 Å². The molecule has 1 aliphatic heterocycles. The monoisotopic (exact) mass is 262 g/mol. The third kappa shape index (κ3) is 1.84. The molecule has 1 saturated heterocycles. The van der Waals surface area contributed by atoms with Crippen LogP contribution < -0.4 is 0 Å². The molecule has 0 aromatic heterocycles. The molecule has 0 spiro atoms. The summed E-state index contributed by atoms with van der Waals surface area (Å²) in [4.78, 5) is 0. The van der Waals surface area contributed by atoms with E-state index in [1.807, 2.05) is 6.08 Å². The summed E-state index contributed by atoms with van der Waals surface area (Å²) in [7, 11) is 0. The fourth-order valence-electron chi connectivity index (χ4n) is 4.80. The lowest BCUT2D eigenvalue weighted by molar-refractivity contribution is -0.0757. The second-order valence-corrected chi connectivity index (χ2v) is 7.13. The first-order chi connectivity index (χ1) is 9.02. The van der Waals surface area contributed by atoms with E-state index in [9.17, 15) is 5.11 Å². The van der Waals surface area contributed by atoms with Crippen molar-refractivity contribution in [1.29, 1.82) is 0 Å². The first-order valence-electron chi connectivity index (χ1n) is 7.62. The predicted molar refractivity (Wildman–Crippen MR) is 76.8 cm³/mol. The minimum atomic E-state index is 0.226. The molecule has 0 aromatic rings. The van der Waals surface area contributed by atoms with Crippen LogP contribution in [0, 0.1) is 16.7 Å². The van der Waals surface area contributed by atoms with Crippen molar-refractivity contribution in [2.24, 2.45) is 16.7 Å². The van der Waals surface area contributed by atoms with Crippen LogP contribution in [0.25, 0.3) is 0 Å². The predicted octanol–water partition coefficient (Wildman–Crippen LogP) is 3.47. The van der Waals surface area contributed by atoms with Crippen LogP contribution in [-0.2, 0) is 4.74 Å². The van der Waals surface area contributed by atoms with Gasteiger partial charge in [0.25, 0.3) is 0 Å². The average Bonchev–Trinajstić information content (AvgIpc) is 2.84. The maximum absolute atomic E-state index is 9.44. The summed E-state index contributed by atoms with van der Waals surface area (Å²) in [5.74, 6) is 0.644. The smallest absolute Gasteiger partial charge is 0.0760 e. The van der Waals surface area contributed by atoms with Crippen molar-refractivity contribution >= 4 is 0 Å². The van der Waals surface area contributed by atoms with E-state index in [0.717, 1.165) is 19.3 Å². The normalized spacial score (nSPS) is 49.2. The molecule has 19 heavy (non-hydrogen) atoms. The highest BCUT2D eigenvalue weighted by Gasteiger charge is 2.57. The molecule has 2 fully saturated rings. The summed E-state index contributed by atoms with van der Waals surface area (Å²) in [6.45, 7) is 8.96. The lowest BCUT2D eigenvalue weighted by Gasteiger charge is -2.56. The first kappa shape index (κ1) is 13.4. The van der Waals surface area contributed by atoms with E-state index in [0.29, 0.717) is 17.4 Å². The molecule has 2 nitrogen and oxygen atoms in total. The highest BCUT2D eigenvalue weighted by Crippen LogP contribution is 2.63. The number of hydrogen-bond acceptors (Lipinski definition) is 2. The van der Waals surface area contributed by atoms with Gasteiger partial charge in [-0.15, -0.1) is 6.58 Å². The van der Waals surface area contributed by atoms with Crippen LogP contribution in [0.4, 0.5) is 0 Å². The Labute approximate surface area is 116 Å². The molecule has 3 rings (SSSR count). The average molecular weight is 262 g/mol. The molecule has 1 saturated carbocycles. The van der Waals surface area contributed by atoms with Gasteiger partial charge in [-0.25, -0.2) is 0 Å². The molecule has 106 valence electrons. The Bertz CT molecular complexity index is 413. The van der Waals surface area contributed by atoms with E-state index in [2.05, 4.69) is 26.5 Å². The summed E-state index contributed by atoms with van der Waals surface area (Å²) >= 11 is 0. The van der Waals surface area contributed by atoms with Crippen molar-refractivity contribution < 1.29 is 9.84 Å². The molecule has 3 aliphatic rings. The zero-order valence-electron chi connectivity index (χ0n) is 12.2. The molecule has 0 radical (unpaired) electrons. The fourth-order valence-corrected chi connectivity index (χ4v) is 4.80. The second-order valence-electron chi connectivity index (χ2n) is 7.13. The minimum absolute atomic E-state index is 0.226. The lowest BCUT2D eigenvalue weighted by Crippen LogP contribution is -2.51. The molecule has 0 aromatic carbocycles. The summed E-state index contributed by atoms with van der Waals surface area (Å²) in [5, 5.41) is 9.44. The topological polar surface area (TPSA) is 29.5 Å². The van der Waals surface area contributed by atoms with E-state index < -0.39 is 0 Å². The molecular formula is C17H26O2. The number of rotatable bonds is 2. The quantitative estimate of drug-likeness (QED) is 0.772. The first-order valence-corrected chi connectivity index (χ1v) is 7.62. The van der Waals surface area contributed by atoms with Crippen LogP contribution in [0.1, 0.15) is 46.0 Å². The van der Waals surface area contributed by atoms with Gasteiger partial charge in [0, 0.05) is 0 Å². The molecular weight excluding hydrogens is 236 g/mol. The molecule has 5 atom stereocenters. The fraction of sp³-hybridized carbons (Fsp3) is 0.765. The van der Waals surface area contributed by atoms with Crippen LogP contribution in [-0.4, -0.2) is 23.9 Å². The van der Waals surface area contributed by atoms with Gasteiger partial charge < -0.3 is 9.84 Å². The van der Waals surface area contributed by atoms with E-state index in [1.165, 1.54) is 18.4 Å². The molecule has 0 amide bonds. The van der Waals surface area contributed by atoms with Gasteiger partial charge in [0.1, 0.15) is 0 Å². The van der Waals surface area contributed by atoms with Crippen LogP contribution in [0.3, 0.4) is 0 Å². The maximum Gasteiger partial charge on any atom is 0.0760 e. The van der Waals surface area contributed by atoms with Crippen molar-refractivity contribution in [2.45, 2.75) is 58.2 Å². The van der Waals surface area contributed by atoms with Gasteiger partial charge >= 0.3 is 0 Å². The van der Waals surface area contributed by atoms with Crippen LogP contribution in [0.15, 0.2) is 24.3 Å². The Morgan fingerprint density at radius 2 is 2.26 bits per heavy atom. The van der Waals surface area contributed by atoms with Gasteiger partial charge in [0.15, 0.2) is 0 Å². The van der Waals surface area contributed by atoms with Gasteiger partial charge in [-0.1, -0.05) is 26.0 Å². The molecule has 2 aliphatic carbocycles. The van der Waals surface area contributed by atoms with E-state index in [-0.39, 0.29) is 18.1 Å². The number of allylic oxidation sites excluding steroid dienone is 1. The van der Waals surface area contributed by atoms with E-state index >= 15 is 0 Å². The summed E-state index contributed by atoms with van der Waals surface area (Å²) in [5.41, 5.74) is 1.77. The second kappa shape index (κ2) is 4.46. The number of aliphatic hydroxyl groups excluding tert-OH is 1. The Kier molecular flexibility index (Phi) is 3.14. The highest BCUT2D eigenvalue weighted by molar-refractivity contribution is 5.22. The van der Waals surface area contributed by atoms with Crippen molar-refractivity contribution in [3.05, 3.63) is 24.3 Å². The molecule has 1 unspecified atom stereocenters. The Morgan fingerprint density at radius 3 is 2.95 bits per heavy atom. The minimum Gasteiger partial charge on any atom is -0.392 e. The Morgan fingerprint density at radius 1 is 1.47 bits per heavy atom. The van der Waals surface area contributed by atoms with Gasteiger partial charge in [-0.3, -0.25) is 0 Å². The van der Waals surface area contributed by atoms with Crippen LogP contribution in [0.5, 0.6) is 0 Å². The van der Waals surface area contributed by atoms with Crippen LogP contribution in [0.2, 0.25) is 0 Å². The summed E-state index contributed by atoms with van der Waals surface area (Å²) in [6.07, 6.45) is 10.7. The number of aliphatic hydroxyl groups is 1. The van der Waals surface area contributed by atoms with Crippen LogP contribution >= 0.6 is 0 Å². The third-order valence-electron chi connectivity index (χ3n) is 6.31. The largest absolute Gasteiger partial charge is 0.392 e. The van der Waals surface area contributed by atoms with Gasteiger partial charge in [-0.2, -0.15) is 0 Å². The van der Waals surface area contributed by atoms with Crippen molar-refractivity contribution in [3.8, 4) is 0 Å². The SMILES string of the molecule is C=C[C@H]1CC2[C@H](CC[C@]3(C)C=C(CO)CC[C@]23C)O1. The molecule has 2 heteroatoms. The zero-order valence-corrected chi connectivity index (χ0v) is 12.2. The standard InChI is InChI=1S/C17H26O2/c1-4-13-9-14-15(19-13)6-7-16(2)10-12(11-18)5-8-17(14,16)3/h4,10,13-15,18H,1,5-9,11H2,2-3H3/t13-,14?,15-,16+,17+/m0/s1. The summed E-state index contributed by atoms with van der Waals surface area (Å²) in [6, 6.07) is 0. The molecule has 1 heterocycles. The highest BCUT2D eigenvalue weighted by atomic mass is 16.5. The number of ether oxygens (including phenoxy) is 1. The van der Waals surface area contributed by atoms with Gasteiger partial charge in [-0.05, 0) is 54.4 Å². The van der Waals surface area contributed by atoms with E-state index in [1.54, 1.807) is 0 Å². The molecule has 1 N–H and O–H groups in total. The van der Waals surface area contributed by atoms with Crippen molar-refractivity contribution in [1.82, 2.24) is 0 Å². The zero-order chi connectivity index (χ0) is 13.7. The number of hydrogen-bond donors (Lipinski definition) is 1. The van der Waals surface area contributed by atoms with E-state index in [4.69, 9.17) is 4.74 Å². The Balaban J connectivity index is 1.94. The lowest BCUT2D eigenvalue weighted by atomic mass is 9.48. The van der Waals surface area contributed by atoms with Gasteiger partial charge in [0.2, 0.25) is 0 Å².